The third kappa shape index (κ3) is 6.10. The van der Waals surface area contributed by atoms with Crippen molar-refractivity contribution in [3.05, 3.63) is 60.2 Å². The van der Waals surface area contributed by atoms with Gasteiger partial charge in [0, 0.05) is 5.56 Å². The zero-order valence-corrected chi connectivity index (χ0v) is 20.2. The van der Waals surface area contributed by atoms with Crippen LogP contribution in [0.2, 0.25) is 0 Å². The van der Waals surface area contributed by atoms with Crippen LogP contribution in [0.1, 0.15) is 44.5 Å². The van der Waals surface area contributed by atoms with E-state index in [9.17, 15) is 19.5 Å². The highest BCUT2D eigenvalue weighted by molar-refractivity contribution is 6.00. The Bertz CT molecular complexity index is 1010. The van der Waals surface area contributed by atoms with Crippen LogP contribution in [-0.2, 0) is 14.3 Å². The molecule has 2 amide bonds. The Labute approximate surface area is 200 Å². The number of hydrogen-bond acceptors (Lipinski definition) is 5. The minimum atomic E-state index is -1.22. The van der Waals surface area contributed by atoms with E-state index in [4.69, 9.17) is 4.74 Å². The molecule has 0 bridgehead atoms. The molecule has 0 saturated carbocycles. The van der Waals surface area contributed by atoms with Crippen LogP contribution in [0.3, 0.4) is 0 Å². The number of carbonyl (C=O) groups is 3. The Morgan fingerprint density at radius 1 is 0.971 bits per heavy atom. The van der Waals surface area contributed by atoms with Gasteiger partial charge in [-0.3, -0.25) is 14.4 Å². The number of rotatable bonds is 11. The van der Waals surface area contributed by atoms with Gasteiger partial charge in [0.1, 0.15) is 6.04 Å². The smallest absolute Gasteiger partial charge is 0.251 e. The van der Waals surface area contributed by atoms with Crippen LogP contribution < -0.4 is 10.6 Å². The number of nitrogens with one attached hydrogen (secondary N) is 2. The molecule has 0 aliphatic carbocycles. The van der Waals surface area contributed by atoms with Crippen molar-refractivity contribution >= 4 is 17.6 Å². The Balaban J connectivity index is 1.74. The minimum Gasteiger partial charge on any atom is -0.393 e. The van der Waals surface area contributed by atoms with Crippen LogP contribution in [0.4, 0.5) is 0 Å². The summed E-state index contributed by atoms with van der Waals surface area (Å²) in [7, 11) is 0. The van der Waals surface area contributed by atoms with Gasteiger partial charge >= 0.3 is 0 Å². The molecule has 2 aromatic carbocycles. The molecule has 1 saturated heterocycles. The average molecular weight is 467 g/mol. The second-order valence-electron chi connectivity index (χ2n) is 9.64. The second kappa shape index (κ2) is 10.9. The maximum atomic E-state index is 13.2. The van der Waals surface area contributed by atoms with Gasteiger partial charge in [-0.1, -0.05) is 70.2 Å². The lowest BCUT2D eigenvalue weighted by Crippen LogP contribution is -2.56. The number of amides is 2. The number of aliphatic hydroxyl groups excluding tert-OH is 1. The van der Waals surface area contributed by atoms with E-state index in [-0.39, 0.29) is 30.1 Å². The summed E-state index contributed by atoms with van der Waals surface area (Å²) in [5, 5.41) is 15.2. The number of hydrogen-bond donors (Lipinski definition) is 3. The van der Waals surface area contributed by atoms with Crippen molar-refractivity contribution in [3.8, 4) is 11.1 Å². The lowest BCUT2D eigenvalue weighted by Gasteiger charge is -2.27. The molecule has 0 unspecified atom stereocenters. The number of epoxide rings is 1. The van der Waals surface area contributed by atoms with Crippen LogP contribution in [0.15, 0.2) is 54.6 Å². The number of aliphatic hydroxyl groups is 1. The monoisotopic (exact) mass is 466 g/mol. The number of ether oxygens (including phenoxy) is 1. The molecule has 2 aromatic rings. The predicted octanol–water partition coefficient (Wildman–Crippen LogP) is 2.97. The number of Topliss-reactive ketones (excluding diaryl/α,β-unsaturated/α-hetero) is 1. The van der Waals surface area contributed by atoms with Gasteiger partial charge in [0.05, 0.1) is 19.3 Å². The minimum absolute atomic E-state index is 0.136. The SMILES string of the molecule is CC(C)C[C@H](NC(=O)[C@@H](NC(=O)c1cccc(-c2ccccc2)c1)C(C)C)C(=O)[C@@]1(CO)CO1. The van der Waals surface area contributed by atoms with E-state index in [1.807, 2.05) is 70.2 Å². The molecule has 3 rings (SSSR count). The molecule has 1 heterocycles. The van der Waals surface area contributed by atoms with Crippen molar-refractivity contribution in [2.45, 2.75) is 51.8 Å². The first-order valence-corrected chi connectivity index (χ1v) is 11.7. The summed E-state index contributed by atoms with van der Waals surface area (Å²) in [5.41, 5.74) is 1.12. The highest BCUT2D eigenvalue weighted by atomic mass is 16.6. The summed E-state index contributed by atoms with van der Waals surface area (Å²) in [5.74, 6) is -1.20. The molecule has 7 nitrogen and oxygen atoms in total. The van der Waals surface area contributed by atoms with Crippen LogP contribution in [0.5, 0.6) is 0 Å². The molecule has 182 valence electrons. The summed E-state index contributed by atoms with van der Waals surface area (Å²) < 4.78 is 5.21. The molecule has 0 aromatic heterocycles. The molecule has 3 N–H and O–H groups in total. The Morgan fingerprint density at radius 2 is 1.62 bits per heavy atom. The molecule has 1 aliphatic rings. The number of benzene rings is 2. The van der Waals surface area contributed by atoms with E-state index in [1.165, 1.54) is 0 Å². The molecule has 1 aliphatic heterocycles. The lowest BCUT2D eigenvalue weighted by atomic mass is 9.92. The Kier molecular flexibility index (Phi) is 8.23. The lowest BCUT2D eigenvalue weighted by molar-refractivity contribution is -0.133. The van der Waals surface area contributed by atoms with Crippen LogP contribution in [0.25, 0.3) is 11.1 Å². The largest absolute Gasteiger partial charge is 0.393 e. The van der Waals surface area contributed by atoms with Crippen LogP contribution >= 0.6 is 0 Å². The fourth-order valence-electron chi connectivity index (χ4n) is 3.91. The van der Waals surface area contributed by atoms with Gasteiger partial charge in [0.25, 0.3) is 5.91 Å². The van der Waals surface area contributed by atoms with Gasteiger partial charge in [-0.2, -0.15) is 0 Å². The van der Waals surface area contributed by atoms with E-state index in [0.717, 1.165) is 11.1 Å². The Morgan fingerprint density at radius 3 is 2.18 bits per heavy atom. The van der Waals surface area contributed by atoms with E-state index in [1.54, 1.807) is 12.1 Å². The normalized spacial score (nSPS) is 18.9. The third-order valence-electron chi connectivity index (χ3n) is 6.00. The first-order chi connectivity index (χ1) is 16.2. The highest BCUT2D eigenvalue weighted by Gasteiger charge is 2.54. The van der Waals surface area contributed by atoms with Crippen LogP contribution in [0, 0.1) is 11.8 Å². The van der Waals surface area contributed by atoms with Gasteiger partial charge in [0.2, 0.25) is 5.91 Å². The van der Waals surface area contributed by atoms with Crippen molar-refractivity contribution in [1.29, 1.82) is 0 Å². The first kappa shape index (κ1) is 25.6. The van der Waals surface area contributed by atoms with Gasteiger partial charge < -0.3 is 20.5 Å². The van der Waals surface area contributed by atoms with Gasteiger partial charge in [-0.25, -0.2) is 0 Å². The molecule has 34 heavy (non-hydrogen) atoms. The number of ketones is 1. The predicted molar refractivity (Wildman–Crippen MR) is 130 cm³/mol. The Hall–Kier alpha value is -3.03. The topological polar surface area (TPSA) is 108 Å². The molecule has 0 spiro atoms. The van der Waals surface area contributed by atoms with Gasteiger partial charge in [-0.15, -0.1) is 0 Å². The first-order valence-electron chi connectivity index (χ1n) is 11.7. The van der Waals surface area contributed by atoms with Crippen molar-refractivity contribution in [2.75, 3.05) is 13.2 Å². The van der Waals surface area contributed by atoms with Crippen molar-refractivity contribution < 1.29 is 24.2 Å². The van der Waals surface area contributed by atoms with Crippen LogP contribution in [-0.4, -0.2) is 53.6 Å². The maximum Gasteiger partial charge on any atom is 0.251 e. The molecule has 0 radical (unpaired) electrons. The van der Waals surface area contributed by atoms with Crippen molar-refractivity contribution in [1.82, 2.24) is 10.6 Å². The van der Waals surface area contributed by atoms with Crippen molar-refractivity contribution in [2.24, 2.45) is 11.8 Å². The molecular weight excluding hydrogens is 432 g/mol. The van der Waals surface area contributed by atoms with E-state index < -0.39 is 30.2 Å². The summed E-state index contributed by atoms with van der Waals surface area (Å²) in [6.07, 6.45) is 0.410. The van der Waals surface area contributed by atoms with E-state index in [0.29, 0.717) is 12.0 Å². The average Bonchev–Trinajstić information content (AvgIpc) is 3.63. The van der Waals surface area contributed by atoms with E-state index >= 15 is 0 Å². The summed E-state index contributed by atoms with van der Waals surface area (Å²) in [6, 6.07) is 15.3. The van der Waals surface area contributed by atoms with E-state index in [2.05, 4.69) is 10.6 Å². The summed E-state index contributed by atoms with van der Waals surface area (Å²) in [6.45, 7) is 7.31. The maximum absolute atomic E-state index is 13.2. The molecule has 7 heteroatoms. The fraction of sp³-hybridized carbons (Fsp3) is 0.444. The van der Waals surface area contributed by atoms with Gasteiger partial charge in [0.15, 0.2) is 11.4 Å². The molecule has 1 fully saturated rings. The summed E-state index contributed by atoms with van der Waals surface area (Å²) >= 11 is 0. The third-order valence-corrected chi connectivity index (χ3v) is 6.00. The zero-order valence-electron chi connectivity index (χ0n) is 20.2. The summed E-state index contributed by atoms with van der Waals surface area (Å²) in [4.78, 5) is 39.2. The highest BCUT2D eigenvalue weighted by Crippen LogP contribution is 2.30. The van der Waals surface area contributed by atoms with Crippen molar-refractivity contribution in [3.63, 3.8) is 0 Å². The molecule has 3 atom stereocenters. The molecular formula is C27H34N2O5. The number of carbonyl (C=O) groups excluding carboxylic acids is 3. The quantitative estimate of drug-likeness (QED) is 0.441. The second-order valence-corrected chi connectivity index (χ2v) is 9.64. The van der Waals surface area contributed by atoms with Gasteiger partial charge in [-0.05, 0) is 41.5 Å². The zero-order chi connectivity index (χ0) is 24.9. The fourth-order valence-corrected chi connectivity index (χ4v) is 3.91. The standard InChI is InChI=1S/C27H34N2O5/c1-17(2)13-22(24(31)27(15-30)16-34-27)28-26(33)23(18(3)4)29-25(32)21-12-8-11-20(14-21)19-9-6-5-7-10-19/h5-12,14,17-18,22-23,30H,13,15-16H2,1-4H3,(H,28,33)(H,29,32)/t22-,23-,27+/m0/s1.